The average Bonchev–Trinajstić information content (AvgIpc) is 2.70. The number of para-hydroxylation sites is 1. The van der Waals surface area contributed by atoms with Crippen molar-refractivity contribution in [2.75, 3.05) is 13.2 Å². The van der Waals surface area contributed by atoms with E-state index in [-0.39, 0.29) is 24.4 Å². The Morgan fingerprint density at radius 2 is 2.14 bits per heavy atom. The maximum absolute atomic E-state index is 13.2. The molecule has 22 heavy (non-hydrogen) atoms. The molecular weight excluding hydrogens is 314 g/mol. The molecule has 4 nitrogen and oxygen atoms in total. The molecule has 1 amide bonds. The lowest BCUT2D eigenvalue weighted by Gasteiger charge is -2.20. The Morgan fingerprint density at radius 3 is 2.86 bits per heavy atom. The van der Waals surface area contributed by atoms with Crippen LogP contribution in [0.2, 0.25) is 0 Å². The van der Waals surface area contributed by atoms with Gasteiger partial charge in [0.1, 0.15) is 5.75 Å². The highest BCUT2D eigenvalue weighted by molar-refractivity contribution is 5.85. The molecule has 1 aromatic rings. The molecule has 2 aliphatic rings. The largest absolute Gasteiger partial charge is 0.493 e. The zero-order chi connectivity index (χ0) is 14.9. The Hall–Kier alpha value is -1.40. The van der Waals surface area contributed by atoms with Crippen LogP contribution in [0.5, 0.6) is 5.75 Å². The summed E-state index contributed by atoms with van der Waals surface area (Å²) >= 11 is 0. The molecular formula is C15H19ClF2N2O2. The van der Waals surface area contributed by atoms with Crippen molar-refractivity contribution in [3.8, 4) is 5.75 Å². The van der Waals surface area contributed by atoms with Gasteiger partial charge >= 0.3 is 0 Å². The molecule has 3 rings (SSSR count). The van der Waals surface area contributed by atoms with Gasteiger partial charge in [0.05, 0.1) is 25.2 Å². The number of ether oxygens (including phenoxy) is 1. The zero-order valence-electron chi connectivity index (χ0n) is 12.0. The molecule has 0 saturated carbocycles. The molecule has 0 aliphatic carbocycles. The van der Waals surface area contributed by atoms with Crippen LogP contribution in [0.4, 0.5) is 8.78 Å². The van der Waals surface area contributed by atoms with E-state index in [4.69, 9.17) is 4.74 Å². The number of hydrogen-bond donors (Lipinski definition) is 2. The smallest absolute Gasteiger partial charge is 0.262 e. The van der Waals surface area contributed by atoms with Gasteiger partial charge in [0.25, 0.3) is 5.92 Å². The van der Waals surface area contributed by atoms with Gasteiger partial charge in [0.15, 0.2) is 0 Å². The third-order valence-corrected chi connectivity index (χ3v) is 3.93. The van der Waals surface area contributed by atoms with Gasteiger partial charge in [-0.25, -0.2) is 8.78 Å². The predicted molar refractivity (Wildman–Crippen MR) is 80.7 cm³/mol. The topological polar surface area (TPSA) is 50.4 Å². The summed E-state index contributed by atoms with van der Waals surface area (Å²) in [5.74, 6) is -2.41. The molecule has 0 aromatic heterocycles. The lowest BCUT2D eigenvalue weighted by molar-refractivity contribution is -0.124. The number of nitrogens with one attached hydrogen (secondary N) is 2. The lowest BCUT2D eigenvalue weighted by Crippen LogP contribution is -2.42. The molecule has 2 atom stereocenters. The van der Waals surface area contributed by atoms with Crippen molar-refractivity contribution in [2.45, 2.75) is 37.3 Å². The van der Waals surface area contributed by atoms with Gasteiger partial charge in [-0.1, -0.05) is 18.2 Å². The Morgan fingerprint density at radius 1 is 1.36 bits per heavy atom. The summed E-state index contributed by atoms with van der Waals surface area (Å²) in [7, 11) is 0. The molecule has 2 unspecified atom stereocenters. The summed E-state index contributed by atoms with van der Waals surface area (Å²) < 4.78 is 32.0. The SMILES string of the molecule is Cl.O=C(NC1CCCOc2ccccc21)C1CC(F)(F)CN1. The van der Waals surface area contributed by atoms with Gasteiger partial charge in [0, 0.05) is 12.0 Å². The first kappa shape index (κ1) is 17.0. The van der Waals surface area contributed by atoms with E-state index in [2.05, 4.69) is 10.6 Å². The molecule has 0 bridgehead atoms. The summed E-state index contributed by atoms with van der Waals surface area (Å²) in [4.78, 5) is 12.2. The van der Waals surface area contributed by atoms with Gasteiger partial charge in [-0.15, -0.1) is 12.4 Å². The molecule has 1 aromatic carbocycles. The summed E-state index contributed by atoms with van der Waals surface area (Å²) in [6.45, 7) is 0.165. The van der Waals surface area contributed by atoms with Crippen molar-refractivity contribution in [2.24, 2.45) is 0 Å². The second kappa shape index (κ2) is 6.79. The summed E-state index contributed by atoms with van der Waals surface area (Å²) in [6.07, 6.45) is 1.11. The number of rotatable bonds is 2. The molecule has 1 saturated heterocycles. The first-order valence-corrected chi connectivity index (χ1v) is 7.18. The van der Waals surface area contributed by atoms with Crippen molar-refractivity contribution in [3.63, 3.8) is 0 Å². The molecule has 2 heterocycles. The van der Waals surface area contributed by atoms with E-state index in [1.54, 1.807) is 0 Å². The van der Waals surface area contributed by atoms with Gasteiger partial charge in [0.2, 0.25) is 5.91 Å². The normalized spacial score (nSPS) is 26.1. The number of alkyl halides is 2. The van der Waals surface area contributed by atoms with Gasteiger partial charge in [-0.2, -0.15) is 0 Å². The van der Waals surface area contributed by atoms with Gasteiger partial charge < -0.3 is 10.1 Å². The molecule has 2 aliphatic heterocycles. The minimum absolute atomic E-state index is 0. The highest BCUT2D eigenvalue weighted by atomic mass is 35.5. The maximum atomic E-state index is 13.2. The first-order chi connectivity index (χ1) is 10.1. The maximum Gasteiger partial charge on any atom is 0.262 e. The highest BCUT2D eigenvalue weighted by Crippen LogP contribution is 2.32. The summed E-state index contributed by atoms with van der Waals surface area (Å²) in [5.41, 5.74) is 0.910. The van der Waals surface area contributed by atoms with E-state index in [9.17, 15) is 13.6 Å². The van der Waals surface area contributed by atoms with Crippen LogP contribution in [-0.2, 0) is 4.79 Å². The van der Waals surface area contributed by atoms with Gasteiger partial charge in [-0.3, -0.25) is 10.1 Å². The second-order valence-corrected chi connectivity index (χ2v) is 5.58. The summed E-state index contributed by atoms with van der Waals surface area (Å²) in [6, 6.07) is 6.52. The fourth-order valence-electron chi connectivity index (χ4n) is 2.85. The van der Waals surface area contributed by atoms with Crippen LogP contribution >= 0.6 is 12.4 Å². The standard InChI is InChI=1S/C15H18F2N2O2.ClH/c16-15(17)8-12(18-9-15)14(20)19-11-5-3-7-21-13-6-2-1-4-10(11)13;/h1-2,4,6,11-12,18H,3,5,7-9H2,(H,19,20);1H. The van der Waals surface area contributed by atoms with E-state index < -0.39 is 24.9 Å². The monoisotopic (exact) mass is 332 g/mol. The van der Waals surface area contributed by atoms with E-state index in [0.29, 0.717) is 6.61 Å². The predicted octanol–water partition coefficient (Wildman–Crippen LogP) is 2.44. The Kier molecular flexibility index (Phi) is 5.24. The first-order valence-electron chi connectivity index (χ1n) is 7.18. The van der Waals surface area contributed by atoms with E-state index in [1.165, 1.54) is 0 Å². The van der Waals surface area contributed by atoms with Gasteiger partial charge in [-0.05, 0) is 18.9 Å². The molecule has 0 radical (unpaired) electrons. The van der Waals surface area contributed by atoms with Crippen molar-refractivity contribution in [3.05, 3.63) is 29.8 Å². The van der Waals surface area contributed by atoms with Crippen molar-refractivity contribution in [1.29, 1.82) is 0 Å². The van der Waals surface area contributed by atoms with Crippen LogP contribution in [0.3, 0.4) is 0 Å². The number of fused-ring (bicyclic) bond motifs is 1. The molecule has 1 fully saturated rings. The third kappa shape index (κ3) is 3.67. The molecule has 2 N–H and O–H groups in total. The number of hydrogen-bond acceptors (Lipinski definition) is 3. The van der Waals surface area contributed by atoms with E-state index in [1.807, 2.05) is 24.3 Å². The number of halogens is 3. The van der Waals surface area contributed by atoms with Crippen molar-refractivity contribution < 1.29 is 18.3 Å². The number of carbonyl (C=O) groups excluding carboxylic acids is 1. The van der Waals surface area contributed by atoms with Crippen molar-refractivity contribution >= 4 is 18.3 Å². The molecule has 0 spiro atoms. The number of amides is 1. The van der Waals surface area contributed by atoms with E-state index in [0.717, 1.165) is 24.2 Å². The highest BCUT2D eigenvalue weighted by Gasteiger charge is 2.42. The minimum Gasteiger partial charge on any atom is -0.493 e. The minimum atomic E-state index is -2.80. The van der Waals surface area contributed by atoms with Crippen LogP contribution in [0.1, 0.15) is 30.9 Å². The van der Waals surface area contributed by atoms with Crippen LogP contribution in [0, 0.1) is 0 Å². The van der Waals surface area contributed by atoms with E-state index >= 15 is 0 Å². The average molecular weight is 333 g/mol. The molecule has 7 heteroatoms. The van der Waals surface area contributed by atoms with Crippen LogP contribution < -0.4 is 15.4 Å². The Bertz CT molecular complexity index is 542. The Balaban J connectivity index is 0.00000176. The molecule has 122 valence electrons. The van der Waals surface area contributed by atoms with Crippen LogP contribution in [-0.4, -0.2) is 31.0 Å². The third-order valence-electron chi connectivity index (χ3n) is 3.93. The zero-order valence-corrected chi connectivity index (χ0v) is 12.8. The van der Waals surface area contributed by atoms with Crippen LogP contribution in [0.25, 0.3) is 0 Å². The van der Waals surface area contributed by atoms with Crippen molar-refractivity contribution in [1.82, 2.24) is 10.6 Å². The summed E-state index contributed by atoms with van der Waals surface area (Å²) in [5, 5.41) is 5.46. The fraction of sp³-hybridized carbons (Fsp3) is 0.533. The quantitative estimate of drug-likeness (QED) is 0.874. The Labute approximate surface area is 134 Å². The van der Waals surface area contributed by atoms with Crippen LogP contribution in [0.15, 0.2) is 24.3 Å². The second-order valence-electron chi connectivity index (χ2n) is 5.58. The number of benzene rings is 1. The number of carbonyl (C=O) groups is 1. The lowest BCUT2D eigenvalue weighted by atomic mass is 10.0. The fourth-order valence-corrected chi connectivity index (χ4v) is 2.85.